The predicted molar refractivity (Wildman–Crippen MR) is 103 cm³/mol. The van der Waals surface area contributed by atoms with Crippen LogP contribution in [0.4, 0.5) is 0 Å². The Balaban J connectivity index is 0. The first-order chi connectivity index (χ1) is 10.3. The predicted octanol–water partition coefficient (Wildman–Crippen LogP) is 3.26. The molecule has 0 bridgehead atoms. The summed E-state index contributed by atoms with van der Waals surface area (Å²) < 4.78 is 0.557. The fraction of sp³-hybridized carbons (Fsp3) is 0.500. The summed E-state index contributed by atoms with van der Waals surface area (Å²) in [5.74, 6) is 0. The summed E-state index contributed by atoms with van der Waals surface area (Å²) in [6, 6.07) is 1.96. The normalized spacial score (nSPS) is 12.5. The molecule has 1 aliphatic rings. The van der Waals surface area contributed by atoms with Crippen molar-refractivity contribution in [3.63, 3.8) is 0 Å². The Morgan fingerprint density at radius 3 is 2.18 bits per heavy atom. The molecule has 0 saturated carbocycles. The van der Waals surface area contributed by atoms with Crippen LogP contribution in [-0.4, -0.2) is 45.1 Å². The summed E-state index contributed by atoms with van der Waals surface area (Å²) in [6.45, 7) is 7.33. The first-order valence-corrected chi connectivity index (χ1v) is 9.26. The Kier molecular flexibility index (Phi) is 17.4. The van der Waals surface area contributed by atoms with Crippen LogP contribution >= 0.6 is 63.7 Å². The lowest BCUT2D eigenvalue weighted by atomic mass is 10.5. The van der Waals surface area contributed by atoms with Crippen LogP contribution in [0.15, 0.2) is 15.8 Å². The smallest absolute Gasteiger partial charge is 0.275 e. The molecule has 0 atom stereocenters. The number of carbonyl (C=O) groups is 2. The molecule has 1 rings (SSSR count). The molecule has 10 heteroatoms. The summed E-state index contributed by atoms with van der Waals surface area (Å²) in [7, 11) is 0. The number of carbonyl (C=O) groups excluding carboxylic acids is 2. The summed E-state index contributed by atoms with van der Waals surface area (Å²) in [6.07, 6.45) is 1.99. The van der Waals surface area contributed by atoms with Crippen LogP contribution in [0, 0.1) is 11.3 Å². The van der Waals surface area contributed by atoms with Gasteiger partial charge in [-0.3, -0.25) is 9.59 Å². The van der Waals surface area contributed by atoms with Crippen LogP contribution in [0.3, 0.4) is 0 Å². The second-order valence-electron chi connectivity index (χ2n) is 3.49. The molecule has 1 aliphatic heterocycles. The van der Waals surface area contributed by atoms with Gasteiger partial charge in [0.1, 0.15) is 9.23 Å². The Morgan fingerprint density at radius 2 is 1.91 bits per heavy atom. The number of hydrogen-bond acceptors (Lipinski definition) is 6. The second-order valence-corrected chi connectivity index (χ2v) is 6.66. The molecule has 0 aromatic carbocycles. The SMILES string of the molecule is CCN1C=C(Br)N=C(Br)C1.CCNCC#N.O=C(Br)C(=O)Br. The molecule has 0 radical (unpaired) electrons. The third-order valence-corrected chi connectivity index (χ3v) is 3.93. The third kappa shape index (κ3) is 16.3. The topological polar surface area (TPSA) is 85.6 Å². The standard InChI is InChI=1S/C6H8Br2N2.C4H8N2.C2Br2O2/c1-2-10-3-5(7)9-6(8)4-10;1-2-6-4-3-5;3-1(5)2(4)6/h3H,2,4H2,1H3;6H,2,4H2,1H3;. The highest BCUT2D eigenvalue weighted by atomic mass is 79.9. The number of nitrogens with zero attached hydrogens (tertiary/aromatic N) is 3. The van der Waals surface area contributed by atoms with Crippen molar-refractivity contribution < 1.29 is 9.59 Å². The van der Waals surface area contributed by atoms with Gasteiger partial charge >= 0.3 is 0 Å². The van der Waals surface area contributed by atoms with E-state index in [1.807, 2.05) is 19.2 Å². The zero-order valence-corrected chi connectivity index (χ0v) is 18.4. The van der Waals surface area contributed by atoms with Gasteiger partial charge in [-0.15, -0.1) is 0 Å². The van der Waals surface area contributed by atoms with Crippen molar-refractivity contribution in [1.82, 2.24) is 10.2 Å². The van der Waals surface area contributed by atoms with Gasteiger partial charge in [0.15, 0.2) is 0 Å². The van der Waals surface area contributed by atoms with Crippen molar-refractivity contribution >= 4 is 77.7 Å². The number of nitriles is 1. The average Bonchev–Trinajstić information content (AvgIpc) is 2.45. The Hall–Kier alpha value is -0.0800. The van der Waals surface area contributed by atoms with Crippen molar-refractivity contribution in [2.45, 2.75) is 13.8 Å². The molecule has 0 spiro atoms. The van der Waals surface area contributed by atoms with E-state index in [2.05, 4.69) is 85.9 Å². The molecule has 1 N–H and O–H groups in total. The molecule has 6 nitrogen and oxygen atoms in total. The van der Waals surface area contributed by atoms with Gasteiger partial charge < -0.3 is 10.2 Å². The van der Waals surface area contributed by atoms with E-state index >= 15 is 0 Å². The van der Waals surface area contributed by atoms with Crippen molar-refractivity contribution in [3.8, 4) is 6.07 Å². The van der Waals surface area contributed by atoms with Gasteiger partial charge in [-0.25, -0.2) is 4.99 Å². The molecule has 124 valence electrons. The van der Waals surface area contributed by atoms with Crippen molar-refractivity contribution in [2.75, 3.05) is 26.2 Å². The molecule has 0 fully saturated rings. The van der Waals surface area contributed by atoms with Crippen LogP contribution in [0.1, 0.15) is 13.8 Å². The van der Waals surface area contributed by atoms with Crippen LogP contribution in [0.2, 0.25) is 0 Å². The first-order valence-electron chi connectivity index (χ1n) is 6.09. The lowest BCUT2D eigenvalue weighted by Crippen LogP contribution is -2.24. The van der Waals surface area contributed by atoms with Crippen molar-refractivity contribution in [1.29, 1.82) is 5.26 Å². The Morgan fingerprint density at radius 1 is 1.36 bits per heavy atom. The molecular formula is C12H16Br4N4O2. The molecule has 0 aromatic heterocycles. The first kappa shape index (κ1) is 24.2. The van der Waals surface area contributed by atoms with E-state index in [1.54, 1.807) is 0 Å². The van der Waals surface area contributed by atoms with Gasteiger partial charge in [0.25, 0.3) is 9.39 Å². The fourth-order valence-electron chi connectivity index (χ4n) is 0.928. The van der Waals surface area contributed by atoms with E-state index in [-0.39, 0.29) is 0 Å². The van der Waals surface area contributed by atoms with Gasteiger partial charge in [-0.2, -0.15) is 5.26 Å². The molecule has 0 unspecified atom stereocenters. The largest absolute Gasteiger partial charge is 0.369 e. The molecule has 0 saturated heterocycles. The van der Waals surface area contributed by atoms with Gasteiger partial charge in [-0.05, 0) is 45.3 Å². The average molecular weight is 568 g/mol. The van der Waals surface area contributed by atoms with E-state index in [1.165, 1.54) is 0 Å². The summed E-state index contributed by atoms with van der Waals surface area (Å²) >= 11 is 11.5. The third-order valence-electron chi connectivity index (χ3n) is 1.87. The lowest BCUT2D eigenvalue weighted by molar-refractivity contribution is -0.125. The van der Waals surface area contributed by atoms with Crippen molar-refractivity contribution in [2.24, 2.45) is 4.99 Å². The number of aliphatic imine (C=N–C) groups is 1. The van der Waals surface area contributed by atoms with Gasteiger partial charge in [0, 0.05) is 44.6 Å². The second kappa shape index (κ2) is 15.8. The zero-order valence-electron chi connectivity index (χ0n) is 12.1. The minimum atomic E-state index is -0.650. The number of hydrogen-bond donors (Lipinski definition) is 1. The minimum Gasteiger partial charge on any atom is -0.369 e. The highest BCUT2D eigenvalue weighted by Gasteiger charge is 2.07. The molecular weight excluding hydrogens is 552 g/mol. The fourth-order valence-corrected chi connectivity index (χ4v) is 2.18. The van der Waals surface area contributed by atoms with Gasteiger partial charge in [-0.1, -0.05) is 6.92 Å². The molecule has 1 heterocycles. The molecule has 0 aromatic rings. The van der Waals surface area contributed by atoms with Crippen LogP contribution in [-0.2, 0) is 9.59 Å². The van der Waals surface area contributed by atoms with E-state index in [0.29, 0.717) is 6.54 Å². The summed E-state index contributed by atoms with van der Waals surface area (Å²) in [4.78, 5) is 25.6. The van der Waals surface area contributed by atoms with E-state index in [9.17, 15) is 9.59 Å². The maximum Gasteiger partial charge on any atom is 0.275 e. The molecule has 0 aliphatic carbocycles. The number of rotatable bonds is 4. The summed E-state index contributed by atoms with van der Waals surface area (Å²) in [5, 5.41) is 10.7. The highest BCUT2D eigenvalue weighted by molar-refractivity contribution is 9.24. The van der Waals surface area contributed by atoms with Crippen LogP contribution in [0.25, 0.3) is 0 Å². The molecule has 22 heavy (non-hydrogen) atoms. The van der Waals surface area contributed by atoms with Crippen LogP contribution in [0.5, 0.6) is 0 Å². The minimum absolute atomic E-state index is 0.469. The Bertz CT molecular complexity index is 449. The lowest BCUT2D eigenvalue weighted by Gasteiger charge is -2.20. The number of nitrogens with one attached hydrogen (secondary N) is 1. The quantitative estimate of drug-likeness (QED) is 0.185. The van der Waals surface area contributed by atoms with E-state index in [4.69, 9.17) is 5.26 Å². The zero-order chi connectivity index (χ0) is 17.5. The van der Waals surface area contributed by atoms with Gasteiger partial charge in [0.2, 0.25) is 0 Å². The van der Waals surface area contributed by atoms with Gasteiger partial charge in [0.05, 0.1) is 19.2 Å². The molecule has 0 amide bonds. The maximum atomic E-state index is 9.66. The Labute approximate surface area is 163 Å². The van der Waals surface area contributed by atoms with Crippen molar-refractivity contribution in [3.05, 3.63) is 10.8 Å². The van der Waals surface area contributed by atoms with E-state index in [0.717, 1.165) is 28.9 Å². The maximum absolute atomic E-state index is 9.66. The van der Waals surface area contributed by atoms with E-state index < -0.39 is 9.39 Å². The highest BCUT2D eigenvalue weighted by Crippen LogP contribution is 2.15. The number of halogens is 4. The monoisotopic (exact) mass is 564 g/mol. The summed E-state index contributed by atoms with van der Waals surface area (Å²) in [5.41, 5.74) is 0. The van der Waals surface area contributed by atoms with Crippen LogP contribution < -0.4 is 5.32 Å².